The summed E-state index contributed by atoms with van der Waals surface area (Å²) in [5.41, 5.74) is 0. The molecule has 11 heavy (non-hydrogen) atoms. The standard InChI is InChI=1S/C5H4INO2S.Na/c6-4-1-2-5(7-3-4)10(8)9;/h1-3H,(H,8,9);/q;+1/p-1. The van der Waals surface area contributed by atoms with E-state index < -0.39 is 11.1 Å². The Kier molecular flexibility index (Phi) is 6.11. The molecule has 0 radical (unpaired) electrons. The van der Waals surface area contributed by atoms with Crippen molar-refractivity contribution in [2.75, 3.05) is 0 Å². The molecular formula is C5H3INNaO2S. The van der Waals surface area contributed by atoms with E-state index in [-0.39, 0.29) is 34.6 Å². The monoisotopic (exact) mass is 291 g/mol. The van der Waals surface area contributed by atoms with Crippen molar-refractivity contribution in [3.05, 3.63) is 21.9 Å². The maximum absolute atomic E-state index is 10.2. The zero-order chi connectivity index (χ0) is 7.56. The van der Waals surface area contributed by atoms with Gasteiger partial charge in [-0.2, -0.15) is 0 Å². The number of halogens is 1. The van der Waals surface area contributed by atoms with E-state index in [2.05, 4.69) is 27.6 Å². The Morgan fingerprint density at radius 2 is 2.18 bits per heavy atom. The summed E-state index contributed by atoms with van der Waals surface area (Å²) in [4.78, 5) is 3.66. The van der Waals surface area contributed by atoms with Gasteiger partial charge in [0, 0.05) is 9.77 Å². The van der Waals surface area contributed by atoms with E-state index in [1.54, 1.807) is 6.07 Å². The van der Waals surface area contributed by atoms with Gasteiger partial charge in [-0.1, -0.05) is 0 Å². The van der Waals surface area contributed by atoms with Gasteiger partial charge in [-0.15, -0.1) is 0 Å². The fourth-order valence-electron chi connectivity index (χ4n) is 0.461. The summed E-state index contributed by atoms with van der Waals surface area (Å²) in [5.74, 6) is 0. The Hall–Kier alpha value is 0.990. The van der Waals surface area contributed by atoms with Crippen LogP contribution in [0, 0.1) is 3.57 Å². The van der Waals surface area contributed by atoms with Crippen LogP contribution in [0.3, 0.4) is 0 Å². The number of hydrogen-bond donors (Lipinski definition) is 0. The summed E-state index contributed by atoms with van der Waals surface area (Å²) < 4.78 is 21.4. The van der Waals surface area contributed by atoms with E-state index in [0.717, 1.165) is 3.57 Å². The van der Waals surface area contributed by atoms with E-state index in [0.29, 0.717) is 0 Å². The molecule has 0 bridgehead atoms. The largest absolute Gasteiger partial charge is 1.00 e. The molecule has 3 nitrogen and oxygen atoms in total. The first-order valence-corrected chi connectivity index (χ1v) is 4.56. The molecule has 1 aromatic heterocycles. The van der Waals surface area contributed by atoms with E-state index in [9.17, 15) is 8.76 Å². The Bertz CT molecular complexity index is 253. The second-order valence-electron chi connectivity index (χ2n) is 1.55. The molecular weight excluding hydrogens is 288 g/mol. The fraction of sp³-hybridized carbons (Fsp3) is 0. The summed E-state index contributed by atoms with van der Waals surface area (Å²) in [7, 11) is 0. The fourth-order valence-corrected chi connectivity index (χ4v) is 1.10. The molecule has 0 fully saturated rings. The van der Waals surface area contributed by atoms with Crippen LogP contribution in [0.4, 0.5) is 0 Å². The van der Waals surface area contributed by atoms with Crippen molar-refractivity contribution in [3.8, 4) is 0 Å². The number of rotatable bonds is 1. The maximum Gasteiger partial charge on any atom is 1.00 e. The summed E-state index contributed by atoms with van der Waals surface area (Å²) in [5, 5.41) is 0.0837. The maximum atomic E-state index is 10.2. The molecule has 0 spiro atoms. The van der Waals surface area contributed by atoms with Crippen molar-refractivity contribution in [1.82, 2.24) is 4.98 Å². The van der Waals surface area contributed by atoms with E-state index in [1.165, 1.54) is 12.3 Å². The summed E-state index contributed by atoms with van der Waals surface area (Å²) in [6.07, 6.45) is 1.51. The number of nitrogens with zero attached hydrogens (tertiary/aromatic N) is 1. The van der Waals surface area contributed by atoms with Crippen molar-refractivity contribution >= 4 is 33.7 Å². The van der Waals surface area contributed by atoms with Crippen molar-refractivity contribution in [1.29, 1.82) is 0 Å². The molecule has 0 aliphatic rings. The van der Waals surface area contributed by atoms with Gasteiger partial charge in [0.1, 0.15) is 5.03 Å². The second-order valence-corrected chi connectivity index (χ2v) is 3.68. The topological polar surface area (TPSA) is 53.0 Å². The molecule has 0 amide bonds. The molecule has 1 unspecified atom stereocenters. The average Bonchev–Trinajstić information content (AvgIpc) is 1.88. The minimum absolute atomic E-state index is 0. The van der Waals surface area contributed by atoms with Gasteiger partial charge >= 0.3 is 29.6 Å². The van der Waals surface area contributed by atoms with Crippen LogP contribution in [-0.2, 0) is 11.1 Å². The quantitative estimate of drug-likeness (QED) is 0.339. The van der Waals surface area contributed by atoms with E-state index in [1.807, 2.05) is 0 Å². The average molecular weight is 291 g/mol. The zero-order valence-corrected chi connectivity index (χ0v) is 10.8. The van der Waals surface area contributed by atoms with E-state index in [4.69, 9.17) is 0 Å². The van der Waals surface area contributed by atoms with Crippen LogP contribution in [0.25, 0.3) is 0 Å². The van der Waals surface area contributed by atoms with Crippen LogP contribution in [0.5, 0.6) is 0 Å². The smallest absolute Gasteiger partial charge is 0.767 e. The molecule has 0 aliphatic heterocycles. The van der Waals surface area contributed by atoms with Gasteiger partial charge in [-0.05, 0) is 45.8 Å². The third-order valence-corrected chi connectivity index (χ3v) is 2.09. The minimum Gasteiger partial charge on any atom is -0.767 e. The molecule has 0 N–H and O–H groups in total. The van der Waals surface area contributed by atoms with Gasteiger partial charge in [-0.3, -0.25) is 4.21 Å². The van der Waals surface area contributed by atoms with Crippen molar-refractivity contribution in [3.63, 3.8) is 0 Å². The zero-order valence-electron chi connectivity index (χ0n) is 5.78. The van der Waals surface area contributed by atoms with Gasteiger partial charge in [0.15, 0.2) is 0 Å². The Balaban J connectivity index is 0.000001000. The third-order valence-electron chi connectivity index (χ3n) is 0.871. The Morgan fingerprint density at radius 3 is 2.55 bits per heavy atom. The van der Waals surface area contributed by atoms with Crippen LogP contribution in [0.2, 0.25) is 0 Å². The molecule has 54 valence electrons. The number of hydrogen-bond acceptors (Lipinski definition) is 3. The normalized spacial score (nSPS) is 11.8. The van der Waals surface area contributed by atoms with Crippen LogP contribution >= 0.6 is 22.6 Å². The first-order valence-electron chi connectivity index (χ1n) is 2.41. The third kappa shape index (κ3) is 3.95. The van der Waals surface area contributed by atoms with Crippen molar-refractivity contribution in [2.24, 2.45) is 0 Å². The van der Waals surface area contributed by atoms with E-state index >= 15 is 0 Å². The molecule has 1 rings (SSSR count). The number of aromatic nitrogens is 1. The van der Waals surface area contributed by atoms with Crippen molar-refractivity contribution < 1.29 is 38.3 Å². The predicted octanol–water partition coefficient (Wildman–Crippen LogP) is -2.07. The van der Waals surface area contributed by atoms with Gasteiger partial charge in [0.2, 0.25) is 0 Å². The summed E-state index contributed by atoms with van der Waals surface area (Å²) in [6, 6.07) is 3.16. The van der Waals surface area contributed by atoms with Gasteiger partial charge in [-0.25, -0.2) is 4.98 Å². The predicted molar refractivity (Wildman–Crippen MR) is 44.1 cm³/mol. The SMILES string of the molecule is O=S([O-])c1ccc(I)cn1.[Na+]. The molecule has 1 aromatic rings. The van der Waals surface area contributed by atoms with Crippen LogP contribution in [0.1, 0.15) is 0 Å². The van der Waals surface area contributed by atoms with Crippen LogP contribution in [0.15, 0.2) is 23.4 Å². The second kappa shape index (κ2) is 5.60. The molecule has 0 aromatic carbocycles. The summed E-state index contributed by atoms with van der Waals surface area (Å²) >= 11 is -0.145. The Morgan fingerprint density at radius 1 is 1.55 bits per heavy atom. The Labute approximate surface area is 103 Å². The molecule has 1 atom stereocenters. The van der Waals surface area contributed by atoms with Gasteiger partial charge in [0.25, 0.3) is 0 Å². The molecule has 6 heteroatoms. The molecule has 0 aliphatic carbocycles. The summed E-state index contributed by atoms with van der Waals surface area (Å²) in [6.45, 7) is 0. The molecule has 1 heterocycles. The van der Waals surface area contributed by atoms with Gasteiger partial charge in [0.05, 0.1) is 0 Å². The molecule has 0 saturated heterocycles. The van der Waals surface area contributed by atoms with Crippen molar-refractivity contribution in [2.45, 2.75) is 5.03 Å². The van der Waals surface area contributed by atoms with Crippen LogP contribution < -0.4 is 29.6 Å². The van der Waals surface area contributed by atoms with Crippen LogP contribution in [-0.4, -0.2) is 13.7 Å². The minimum atomic E-state index is -2.20. The van der Waals surface area contributed by atoms with Gasteiger partial charge < -0.3 is 4.55 Å². The molecule has 0 saturated carbocycles. The first kappa shape index (κ1) is 12.0. The first-order chi connectivity index (χ1) is 4.70. The number of pyridine rings is 1.